The van der Waals surface area contributed by atoms with Gasteiger partial charge in [-0.3, -0.25) is 9.78 Å². The van der Waals surface area contributed by atoms with Gasteiger partial charge in [0.1, 0.15) is 5.82 Å². The van der Waals surface area contributed by atoms with Crippen molar-refractivity contribution in [2.24, 2.45) is 0 Å². The van der Waals surface area contributed by atoms with Crippen molar-refractivity contribution in [3.63, 3.8) is 0 Å². The van der Waals surface area contributed by atoms with Gasteiger partial charge in [0, 0.05) is 40.5 Å². The molecule has 4 rings (SSSR count). The number of nitrogens with one attached hydrogen (secondary N) is 2. The lowest BCUT2D eigenvalue weighted by molar-refractivity contribution is 0.0867. The molecule has 5 nitrogen and oxygen atoms in total. The highest BCUT2D eigenvalue weighted by Crippen LogP contribution is 2.28. The van der Waals surface area contributed by atoms with Crippen LogP contribution in [0.3, 0.4) is 0 Å². The highest BCUT2D eigenvalue weighted by Gasteiger charge is 2.22. The maximum absolute atomic E-state index is 14.7. The second-order valence-electron chi connectivity index (χ2n) is 6.77. The molecule has 3 N–H and O–H groups in total. The number of aromatic nitrogens is 2. The van der Waals surface area contributed by atoms with Crippen LogP contribution in [-0.2, 0) is 0 Å². The summed E-state index contributed by atoms with van der Waals surface area (Å²) in [5.41, 5.74) is 2.09. The second-order valence-corrected chi connectivity index (χ2v) is 6.77. The van der Waals surface area contributed by atoms with Crippen LogP contribution >= 0.6 is 0 Å². The number of aliphatic hydroxyl groups excluding tert-OH is 1. The molecule has 6 heteroatoms. The molecule has 1 fully saturated rings. The van der Waals surface area contributed by atoms with Crippen molar-refractivity contribution < 1.29 is 14.3 Å². The number of amides is 1. The lowest BCUT2D eigenvalue weighted by atomic mass is 9.93. The van der Waals surface area contributed by atoms with Crippen molar-refractivity contribution in [2.45, 2.75) is 37.8 Å². The molecule has 0 spiro atoms. The van der Waals surface area contributed by atoms with Gasteiger partial charge < -0.3 is 15.4 Å². The van der Waals surface area contributed by atoms with Crippen LogP contribution in [0.15, 0.2) is 42.7 Å². The van der Waals surface area contributed by atoms with Gasteiger partial charge in [0.15, 0.2) is 0 Å². The Labute approximate surface area is 150 Å². The van der Waals surface area contributed by atoms with Crippen molar-refractivity contribution in [1.82, 2.24) is 15.3 Å². The predicted molar refractivity (Wildman–Crippen MR) is 97.2 cm³/mol. The molecule has 0 aliphatic heterocycles. The van der Waals surface area contributed by atoms with E-state index in [0.29, 0.717) is 29.7 Å². The number of fused-ring (bicyclic) bond motifs is 1. The summed E-state index contributed by atoms with van der Waals surface area (Å²) in [6.45, 7) is 0. The van der Waals surface area contributed by atoms with Crippen molar-refractivity contribution in [1.29, 1.82) is 0 Å². The van der Waals surface area contributed by atoms with E-state index in [1.54, 1.807) is 24.5 Å². The van der Waals surface area contributed by atoms with E-state index in [4.69, 9.17) is 0 Å². The summed E-state index contributed by atoms with van der Waals surface area (Å²) in [5.74, 6) is -0.762. The monoisotopic (exact) mass is 353 g/mol. The number of rotatable bonds is 3. The molecule has 1 saturated carbocycles. The van der Waals surface area contributed by atoms with Gasteiger partial charge in [-0.1, -0.05) is 0 Å². The number of carbonyl (C=O) groups is 1. The number of halogens is 1. The van der Waals surface area contributed by atoms with Gasteiger partial charge in [-0.2, -0.15) is 0 Å². The zero-order valence-electron chi connectivity index (χ0n) is 14.2. The molecule has 1 aromatic carbocycles. The van der Waals surface area contributed by atoms with Gasteiger partial charge in [-0.15, -0.1) is 0 Å². The molecule has 2 aromatic heterocycles. The first-order chi connectivity index (χ1) is 12.6. The Kier molecular flexibility index (Phi) is 4.42. The Balaban J connectivity index is 1.56. The van der Waals surface area contributed by atoms with Crippen LogP contribution in [0, 0.1) is 5.82 Å². The van der Waals surface area contributed by atoms with Gasteiger partial charge in [-0.25, -0.2) is 4.39 Å². The molecule has 3 aromatic rings. The largest absolute Gasteiger partial charge is 0.393 e. The number of hydrogen-bond donors (Lipinski definition) is 3. The lowest BCUT2D eigenvalue weighted by Gasteiger charge is -2.26. The topological polar surface area (TPSA) is 78.0 Å². The van der Waals surface area contributed by atoms with E-state index < -0.39 is 5.82 Å². The van der Waals surface area contributed by atoms with E-state index >= 15 is 0 Å². The van der Waals surface area contributed by atoms with Crippen LogP contribution in [0.2, 0.25) is 0 Å². The molecule has 0 unspecified atom stereocenters. The molecule has 1 aliphatic rings. The van der Waals surface area contributed by atoms with Crippen LogP contribution in [0.1, 0.15) is 36.0 Å². The fourth-order valence-corrected chi connectivity index (χ4v) is 3.53. The van der Waals surface area contributed by atoms with Gasteiger partial charge in [-0.05, 0) is 56.0 Å². The van der Waals surface area contributed by atoms with E-state index in [1.165, 1.54) is 6.07 Å². The summed E-state index contributed by atoms with van der Waals surface area (Å²) in [5, 5.41) is 13.3. The second kappa shape index (κ2) is 6.88. The summed E-state index contributed by atoms with van der Waals surface area (Å²) in [7, 11) is 0. The molecule has 1 aliphatic carbocycles. The van der Waals surface area contributed by atoms with Crippen LogP contribution in [0.25, 0.3) is 22.2 Å². The SMILES string of the molecule is O=C(NC1CCC(O)CC1)c1ccc(-c2nccc3[nH]ccc23)c(F)c1. The third-order valence-corrected chi connectivity index (χ3v) is 5.00. The number of pyridine rings is 1. The maximum Gasteiger partial charge on any atom is 0.251 e. The van der Waals surface area contributed by atoms with Gasteiger partial charge in [0.2, 0.25) is 0 Å². The van der Waals surface area contributed by atoms with Gasteiger partial charge in [0.25, 0.3) is 5.91 Å². The van der Waals surface area contributed by atoms with Crippen molar-refractivity contribution >= 4 is 16.8 Å². The molecule has 0 radical (unpaired) electrons. The number of carbonyl (C=O) groups excluding carboxylic acids is 1. The number of benzene rings is 1. The Morgan fingerprint density at radius 2 is 2.00 bits per heavy atom. The fourth-order valence-electron chi connectivity index (χ4n) is 3.53. The quantitative estimate of drug-likeness (QED) is 0.675. The smallest absolute Gasteiger partial charge is 0.251 e. The van der Waals surface area contributed by atoms with E-state index in [9.17, 15) is 14.3 Å². The molecule has 134 valence electrons. The molecule has 0 bridgehead atoms. The minimum absolute atomic E-state index is 0.0314. The summed E-state index contributed by atoms with van der Waals surface area (Å²) < 4.78 is 14.7. The Bertz CT molecular complexity index is 945. The zero-order valence-corrected chi connectivity index (χ0v) is 14.2. The zero-order chi connectivity index (χ0) is 18.1. The first kappa shape index (κ1) is 16.7. The van der Waals surface area contributed by atoms with Gasteiger partial charge in [0.05, 0.1) is 11.8 Å². The Morgan fingerprint density at radius 3 is 2.77 bits per heavy atom. The Hall–Kier alpha value is -2.73. The molecule has 1 amide bonds. The first-order valence-corrected chi connectivity index (χ1v) is 8.83. The number of hydrogen-bond acceptors (Lipinski definition) is 3. The van der Waals surface area contributed by atoms with Crippen LogP contribution < -0.4 is 5.32 Å². The summed E-state index contributed by atoms with van der Waals surface area (Å²) in [6, 6.07) is 8.20. The Morgan fingerprint density at radius 1 is 1.19 bits per heavy atom. The molecule has 26 heavy (non-hydrogen) atoms. The minimum Gasteiger partial charge on any atom is -0.393 e. The third kappa shape index (κ3) is 3.20. The number of H-pyrrole nitrogens is 1. The van der Waals surface area contributed by atoms with Crippen molar-refractivity contribution in [3.05, 3.63) is 54.1 Å². The maximum atomic E-state index is 14.7. The molecule has 2 heterocycles. The van der Waals surface area contributed by atoms with E-state index in [2.05, 4.69) is 15.3 Å². The standard InChI is InChI=1S/C20H20FN3O2/c21-17-11-12(20(26)24-13-2-4-14(25)5-3-13)1-6-15(17)19-16-7-9-22-18(16)8-10-23-19/h1,6-11,13-14,22,25H,2-5H2,(H,24,26). The average molecular weight is 353 g/mol. The van der Waals surface area contributed by atoms with E-state index in [-0.39, 0.29) is 18.1 Å². The number of aliphatic hydroxyl groups is 1. The highest BCUT2D eigenvalue weighted by atomic mass is 19.1. The predicted octanol–water partition coefficient (Wildman–Crippen LogP) is 3.40. The summed E-state index contributed by atoms with van der Waals surface area (Å²) in [6.07, 6.45) is 6.00. The van der Waals surface area contributed by atoms with Crippen LogP contribution in [-0.4, -0.2) is 33.1 Å². The fraction of sp³-hybridized carbons (Fsp3) is 0.300. The van der Waals surface area contributed by atoms with Gasteiger partial charge >= 0.3 is 0 Å². The number of nitrogens with zero attached hydrogens (tertiary/aromatic N) is 1. The van der Waals surface area contributed by atoms with Crippen molar-refractivity contribution in [2.75, 3.05) is 0 Å². The summed E-state index contributed by atoms with van der Waals surface area (Å²) in [4.78, 5) is 19.8. The van der Waals surface area contributed by atoms with E-state index in [1.807, 2.05) is 12.1 Å². The number of aromatic amines is 1. The van der Waals surface area contributed by atoms with E-state index in [0.717, 1.165) is 23.7 Å². The minimum atomic E-state index is -0.474. The lowest BCUT2D eigenvalue weighted by Crippen LogP contribution is -2.38. The van der Waals surface area contributed by atoms with Crippen molar-refractivity contribution in [3.8, 4) is 11.3 Å². The molecular formula is C20H20FN3O2. The van der Waals surface area contributed by atoms with Crippen LogP contribution in [0.4, 0.5) is 4.39 Å². The highest BCUT2D eigenvalue weighted by molar-refractivity contribution is 5.96. The third-order valence-electron chi connectivity index (χ3n) is 5.00. The molecular weight excluding hydrogens is 333 g/mol. The first-order valence-electron chi connectivity index (χ1n) is 8.83. The van der Waals surface area contributed by atoms with Crippen LogP contribution in [0.5, 0.6) is 0 Å². The summed E-state index contributed by atoms with van der Waals surface area (Å²) >= 11 is 0. The molecule has 0 saturated heterocycles. The normalized spacial score (nSPS) is 20.2. The average Bonchev–Trinajstić information content (AvgIpc) is 3.12. The molecule has 0 atom stereocenters.